The van der Waals surface area contributed by atoms with Crippen LogP contribution in [0.1, 0.15) is 4.88 Å². The van der Waals surface area contributed by atoms with E-state index < -0.39 is 43.1 Å². The Morgan fingerprint density at radius 2 is 2.04 bits per heavy atom. The highest BCUT2D eigenvalue weighted by Crippen LogP contribution is 2.38. The molecule has 0 bridgehead atoms. The van der Waals surface area contributed by atoms with Crippen LogP contribution in [0.3, 0.4) is 0 Å². The molecule has 2 N–H and O–H groups in total. The number of carbonyl (C=O) groups excluding carboxylic acids is 1. The Morgan fingerprint density at radius 3 is 2.59 bits per heavy atom. The molecule has 27 heavy (non-hydrogen) atoms. The van der Waals surface area contributed by atoms with Gasteiger partial charge in [0.1, 0.15) is 5.69 Å². The third-order valence-corrected chi connectivity index (χ3v) is 5.38. The zero-order valence-electron chi connectivity index (χ0n) is 14.2. The van der Waals surface area contributed by atoms with Crippen LogP contribution in [-0.2, 0) is 4.79 Å². The standard InChI is InChI=1S/C17H16F3N3O3S/c1-9-4-5-13(27-9)14-12(3-2-6-21-14)22-16(26)23-7-10(15(24)25)11(8-23)17(18,19)20/h2-6,10-11H,7-8H2,1H3,(H,22,26)(H,24,25)/t10-,11-/m1/s1. The highest BCUT2D eigenvalue weighted by molar-refractivity contribution is 7.15. The molecule has 3 rings (SSSR count). The molecule has 3 heterocycles. The lowest BCUT2D eigenvalue weighted by Gasteiger charge is -2.19. The largest absolute Gasteiger partial charge is 0.481 e. The summed E-state index contributed by atoms with van der Waals surface area (Å²) < 4.78 is 39.3. The van der Waals surface area contributed by atoms with E-state index in [4.69, 9.17) is 5.11 Å². The van der Waals surface area contributed by atoms with Crippen LogP contribution in [0.2, 0.25) is 0 Å². The lowest BCUT2D eigenvalue weighted by molar-refractivity contribution is -0.187. The predicted octanol–water partition coefficient (Wildman–Crippen LogP) is 3.85. The number of carboxylic acid groups (broad SMARTS) is 1. The minimum atomic E-state index is -4.69. The van der Waals surface area contributed by atoms with E-state index in [-0.39, 0.29) is 0 Å². The first-order valence-electron chi connectivity index (χ1n) is 8.04. The molecule has 10 heteroatoms. The molecule has 2 aromatic heterocycles. The first-order valence-corrected chi connectivity index (χ1v) is 8.85. The van der Waals surface area contributed by atoms with Crippen molar-refractivity contribution in [1.29, 1.82) is 0 Å². The maximum atomic E-state index is 13.1. The van der Waals surface area contributed by atoms with Crippen molar-refractivity contribution in [2.24, 2.45) is 11.8 Å². The average molecular weight is 399 g/mol. The third kappa shape index (κ3) is 4.05. The molecular formula is C17H16F3N3O3S. The quantitative estimate of drug-likeness (QED) is 0.822. The number of thiophene rings is 1. The molecule has 1 saturated heterocycles. The Kier molecular flexibility index (Phi) is 5.09. The zero-order chi connectivity index (χ0) is 19.8. The minimum absolute atomic E-state index is 0.353. The van der Waals surface area contributed by atoms with Crippen LogP contribution in [0.5, 0.6) is 0 Å². The number of aryl methyl sites for hydroxylation is 1. The van der Waals surface area contributed by atoms with Crippen LogP contribution < -0.4 is 5.32 Å². The van der Waals surface area contributed by atoms with Gasteiger partial charge in [-0.05, 0) is 31.2 Å². The molecule has 2 atom stereocenters. The van der Waals surface area contributed by atoms with Crippen LogP contribution in [0, 0.1) is 18.8 Å². The van der Waals surface area contributed by atoms with Crippen molar-refractivity contribution in [2.45, 2.75) is 13.1 Å². The Bertz CT molecular complexity index is 868. The van der Waals surface area contributed by atoms with E-state index in [1.165, 1.54) is 11.3 Å². The fourth-order valence-electron chi connectivity index (χ4n) is 3.01. The molecular weight excluding hydrogens is 383 g/mol. The Balaban J connectivity index is 1.80. The molecule has 2 amide bonds. The highest BCUT2D eigenvalue weighted by Gasteiger charge is 2.53. The van der Waals surface area contributed by atoms with Gasteiger partial charge in [-0.25, -0.2) is 4.79 Å². The molecule has 0 saturated carbocycles. The van der Waals surface area contributed by atoms with Crippen LogP contribution in [-0.4, -0.2) is 46.3 Å². The number of carbonyl (C=O) groups is 2. The number of pyridine rings is 1. The summed E-state index contributed by atoms with van der Waals surface area (Å²) in [7, 11) is 0. The van der Waals surface area contributed by atoms with E-state index >= 15 is 0 Å². The van der Waals surface area contributed by atoms with E-state index in [0.717, 1.165) is 14.7 Å². The molecule has 0 spiro atoms. The Labute approximate surface area is 156 Å². The van der Waals surface area contributed by atoms with Gasteiger partial charge in [0.25, 0.3) is 0 Å². The van der Waals surface area contributed by atoms with Gasteiger partial charge in [-0.3, -0.25) is 9.78 Å². The van der Waals surface area contributed by atoms with Gasteiger partial charge in [-0.2, -0.15) is 13.2 Å². The molecule has 0 unspecified atom stereocenters. The Morgan fingerprint density at radius 1 is 1.30 bits per heavy atom. The van der Waals surface area contributed by atoms with Gasteiger partial charge in [0.2, 0.25) is 0 Å². The number of halogens is 3. The molecule has 6 nitrogen and oxygen atoms in total. The number of nitrogens with one attached hydrogen (secondary N) is 1. The summed E-state index contributed by atoms with van der Waals surface area (Å²) in [5, 5.41) is 11.6. The molecule has 2 aromatic rings. The van der Waals surface area contributed by atoms with Gasteiger partial charge < -0.3 is 15.3 Å². The van der Waals surface area contributed by atoms with E-state index in [9.17, 15) is 22.8 Å². The fourth-order valence-corrected chi connectivity index (χ4v) is 3.89. The fraction of sp³-hybridized carbons (Fsp3) is 0.353. The number of aliphatic carboxylic acids is 1. The molecule has 1 aliphatic rings. The number of anilines is 1. The van der Waals surface area contributed by atoms with E-state index in [0.29, 0.717) is 11.4 Å². The molecule has 0 radical (unpaired) electrons. The maximum absolute atomic E-state index is 13.1. The summed E-state index contributed by atoms with van der Waals surface area (Å²) in [4.78, 5) is 30.6. The number of nitrogens with zero attached hydrogens (tertiary/aromatic N) is 2. The van der Waals surface area contributed by atoms with Crippen molar-refractivity contribution >= 4 is 29.0 Å². The number of alkyl halides is 3. The number of urea groups is 1. The number of carboxylic acids is 1. The number of hydrogen-bond donors (Lipinski definition) is 2. The first-order chi connectivity index (χ1) is 12.7. The molecule has 0 aliphatic carbocycles. The number of amides is 2. The van der Waals surface area contributed by atoms with Gasteiger partial charge in [0.15, 0.2) is 0 Å². The van der Waals surface area contributed by atoms with E-state index in [1.54, 1.807) is 18.3 Å². The van der Waals surface area contributed by atoms with Crippen molar-refractivity contribution in [3.05, 3.63) is 35.3 Å². The van der Waals surface area contributed by atoms with E-state index in [1.807, 2.05) is 19.1 Å². The summed E-state index contributed by atoms with van der Waals surface area (Å²) in [6, 6.07) is 6.15. The number of aromatic nitrogens is 1. The monoisotopic (exact) mass is 399 g/mol. The van der Waals surface area contributed by atoms with Crippen molar-refractivity contribution in [2.75, 3.05) is 18.4 Å². The number of likely N-dealkylation sites (tertiary alicyclic amines) is 1. The van der Waals surface area contributed by atoms with Gasteiger partial charge in [-0.15, -0.1) is 11.3 Å². The zero-order valence-corrected chi connectivity index (χ0v) is 15.0. The summed E-state index contributed by atoms with van der Waals surface area (Å²) >= 11 is 1.47. The summed E-state index contributed by atoms with van der Waals surface area (Å²) in [5.74, 6) is -5.33. The van der Waals surface area contributed by atoms with Crippen LogP contribution in [0.4, 0.5) is 23.7 Å². The van der Waals surface area contributed by atoms with Crippen LogP contribution in [0.25, 0.3) is 10.6 Å². The van der Waals surface area contributed by atoms with Crippen molar-refractivity contribution < 1.29 is 27.9 Å². The summed E-state index contributed by atoms with van der Waals surface area (Å²) in [6.45, 7) is 0.724. The number of hydrogen-bond acceptors (Lipinski definition) is 4. The van der Waals surface area contributed by atoms with Crippen LogP contribution >= 0.6 is 11.3 Å². The van der Waals surface area contributed by atoms with Gasteiger partial charge in [-0.1, -0.05) is 0 Å². The smallest absolute Gasteiger partial charge is 0.394 e. The molecule has 0 aromatic carbocycles. The van der Waals surface area contributed by atoms with Crippen molar-refractivity contribution in [3.8, 4) is 10.6 Å². The van der Waals surface area contributed by atoms with Gasteiger partial charge in [0.05, 0.1) is 22.4 Å². The van der Waals surface area contributed by atoms with Gasteiger partial charge >= 0.3 is 18.2 Å². The normalized spacial score (nSPS) is 19.9. The second-order valence-electron chi connectivity index (χ2n) is 6.24. The Hall–Kier alpha value is -2.62. The van der Waals surface area contributed by atoms with Crippen LogP contribution in [0.15, 0.2) is 30.5 Å². The number of rotatable bonds is 3. The van der Waals surface area contributed by atoms with Gasteiger partial charge in [0, 0.05) is 24.2 Å². The second kappa shape index (κ2) is 7.18. The third-order valence-electron chi connectivity index (χ3n) is 4.37. The first kappa shape index (κ1) is 19.2. The minimum Gasteiger partial charge on any atom is -0.481 e. The van der Waals surface area contributed by atoms with Crippen molar-refractivity contribution in [3.63, 3.8) is 0 Å². The van der Waals surface area contributed by atoms with E-state index in [2.05, 4.69) is 10.3 Å². The molecule has 1 fully saturated rings. The summed E-state index contributed by atoms with van der Waals surface area (Å²) in [5.41, 5.74) is 0.858. The highest BCUT2D eigenvalue weighted by atomic mass is 32.1. The average Bonchev–Trinajstić information content (AvgIpc) is 3.21. The molecule has 144 valence electrons. The second-order valence-corrected chi connectivity index (χ2v) is 7.53. The molecule has 1 aliphatic heterocycles. The SMILES string of the molecule is Cc1ccc(-c2ncccc2NC(=O)N2C[C@@H](C(F)(F)F)[C@H](C(=O)O)C2)s1. The maximum Gasteiger partial charge on any atom is 0.394 e. The van der Waals surface area contributed by atoms with Crippen molar-refractivity contribution in [1.82, 2.24) is 9.88 Å². The summed E-state index contributed by atoms with van der Waals surface area (Å²) in [6.07, 6.45) is -3.14. The topological polar surface area (TPSA) is 82.5 Å². The predicted molar refractivity (Wildman–Crippen MR) is 93.5 cm³/mol. The lowest BCUT2D eigenvalue weighted by Crippen LogP contribution is -2.35. The lowest BCUT2D eigenvalue weighted by atomic mass is 9.96.